The number of rotatable bonds is 2. The summed E-state index contributed by atoms with van der Waals surface area (Å²) in [6.45, 7) is 1.93. The van der Waals surface area contributed by atoms with Crippen molar-refractivity contribution in [3.8, 4) is 0 Å². The Bertz CT molecular complexity index is 151. The van der Waals surface area contributed by atoms with E-state index in [4.69, 9.17) is 4.74 Å². The van der Waals surface area contributed by atoms with Gasteiger partial charge in [-0.05, 0) is 19.9 Å². The van der Waals surface area contributed by atoms with E-state index >= 15 is 0 Å². The smallest absolute Gasteiger partial charge is 0.364 e. The van der Waals surface area contributed by atoms with E-state index in [1.807, 2.05) is 0 Å². The summed E-state index contributed by atoms with van der Waals surface area (Å²) in [6.07, 6.45) is -4.24. The first kappa shape index (κ1) is 9.80. The summed E-state index contributed by atoms with van der Waals surface area (Å²) in [7, 11) is 0. The molecule has 12 heavy (non-hydrogen) atoms. The Hall–Kier alpha value is -0.290. The number of hydrogen-bond donors (Lipinski definition) is 1. The average Bonchev–Trinajstić information content (AvgIpc) is 2.36. The molecule has 2 nitrogen and oxygen atoms in total. The Morgan fingerprint density at radius 1 is 1.50 bits per heavy atom. The molecule has 0 saturated carbocycles. The van der Waals surface area contributed by atoms with Crippen LogP contribution in [-0.2, 0) is 4.74 Å². The van der Waals surface area contributed by atoms with E-state index in [2.05, 4.69) is 5.32 Å². The van der Waals surface area contributed by atoms with Gasteiger partial charge in [-0.1, -0.05) is 0 Å². The molecule has 0 amide bonds. The molecule has 1 aliphatic heterocycles. The number of ether oxygens (including phenoxy) is 1. The van der Waals surface area contributed by atoms with E-state index in [0.29, 0.717) is 6.54 Å². The van der Waals surface area contributed by atoms with Crippen molar-refractivity contribution in [2.75, 3.05) is 19.7 Å². The number of halogens is 3. The van der Waals surface area contributed by atoms with E-state index in [-0.39, 0.29) is 19.6 Å². The zero-order valence-corrected chi connectivity index (χ0v) is 6.87. The minimum Gasteiger partial charge on any atom is -0.364 e. The van der Waals surface area contributed by atoms with Crippen molar-refractivity contribution in [3.63, 3.8) is 0 Å². The summed E-state index contributed by atoms with van der Waals surface area (Å²) in [5, 5.41) is 2.66. The highest BCUT2D eigenvalue weighted by molar-refractivity contribution is 4.96. The summed E-state index contributed by atoms with van der Waals surface area (Å²) in [5.41, 5.74) is -1.93. The number of nitrogens with one attached hydrogen (secondary N) is 1. The predicted octanol–water partition coefficient (Wildman–Crippen LogP) is 1.32. The first-order valence-corrected chi connectivity index (χ1v) is 3.93. The summed E-state index contributed by atoms with van der Waals surface area (Å²) in [5.74, 6) is 0. The summed E-state index contributed by atoms with van der Waals surface area (Å²) in [4.78, 5) is 0. The molecule has 1 fully saturated rings. The lowest BCUT2D eigenvalue weighted by molar-refractivity contribution is -0.268. The summed E-state index contributed by atoms with van der Waals surface area (Å²) in [6, 6.07) is 0. The summed E-state index contributed by atoms with van der Waals surface area (Å²) < 4.78 is 42.1. The van der Waals surface area contributed by atoms with E-state index < -0.39 is 11.8 Å². The SMILES string of the molecule is CCOC1(C(F)(F)F)CCNC1. The van der Waals surface area contributed by atoms with Gasteiger partial charge in [0.2, 0.25) is 0 Å². The molecule has 0 aromatic heterocycles. The van der Waals surface area contributed by atoms with Gasteiger partial charge in [-0.2, -0.15) is 13.2 Å². The molecular weight excluding hydrogens is 171 g/mol. The van der Waals surface area contributed by atoms with Gasteiger partial charge in [-0.15, -0.1) is 0 Å². The molecule has 1 atom stereocenters. The van der Waals surface area contributed by atoms with E-state index in [1.165, 1.54) is 0 Å². The second kappa shape index (κ2) is 3.22. The monoisotopic (exact) mass is 183 g/mol. The van der Waals surface area contributed by atoms with Crippen molar-refractivity contribution in [1.29, 1.82) is 0 Å². The third-order valence-corrected chi connectivity index (χ3v) is 2.05. The number of hydrogen-bond acceptors (Lipinski definition) is 2. The van der Waals surface area contributed by atoms with Crippen molar-refractivity contribution in [1.82, 2.24) is 5.32 Å². The zero-order chi connectivity index (χ0) is 9.24. The Morgan fingerprint density at radius 3 is 2.50 bits per heavy atom. The molecule has 1 N–H and O–H groups in total. The van der Waals surface area contributed by atoms with Gasteiger partial charge in [0, 0.05) is 13.2 Å². The molecule has 72 valence electrons. The molecule has 0 radical (unpaired) electrons. The van der Waals surface area contributed by atoms with Gasteiger partial charge in [-0.3, -0.25) is 0 Å². The van der Waals surface area contributed by atoms with Crippen LogP contribution in [0.5, 0.6) is 0 Å². The van der Waals surface area contributed by atoms with Crippen LogP contribution < -0.4 is 5.32 Å². The van der Waals surface area contributed by atoms with Gasteiger partial charge in [-0.25, -0.2) is 0 Å². The molecule has 0 bridgehead atoms. The normalized spacial score (nSPS) is 31.0. The fourth-order valence-electron chi connectivity index (χ4n) is 1.39. The molecule has 1 aliphatic rings. The highest BCUT2D eigenvalue weighted by atomic mass is 19.4. The first-order valence-electron chi connectivity index (χ1n) is 3.93. The zero-order valence-electron chi connectivity index (χ0n) is 6.87. The lowest BCUT2D eigenvalue weighted by atomic mass is 10.0. The Balaban J connectivity index is 2.72. The minimum atomic E-state index is -4.26. The fourth-order valence-corrected chi connectivity index (χ4v) is 1.39. The van der Waals surface area contributed by atoms with Crippen molar-refractivity contribution >= 4 is 0 Å². The molecule has 1 unspecified atom stereocenters. The lowest BCUT2D eigenvalue weighted by Gasteiger charge is -2.30. The van der Waals surface area contributed by atoms with Crippen molar-refractivity contribution in [2.24, 2.45) is 0 Å². The van der Waals surface area contributed by atoms with Crippen molar-refractivity contribution in [2.45, 2.75) is 25.1 Å². The molecule has 1 heterocycles. The Kier molecular flexibility index (Phi) is 2.63. The van der Waals surface area contributed by atoms with Gasteiger partial charge in [0.15, 0.2) is 5.60 Å². The van der Waals surface area contributed by atoms with Gasteiger partial charge < -0.3 is 10.1 Å². The van der Waals surface area contributed by atoms with Crippen LogP contribution in [0.2, 0.25) is 0 Å². The number of alkyl halides is 3. The molecule has 1 saturated heterocycles. The maximum atomic E-state index is 12.4. The minimum absolute atomic E-state index is 0.0182. The second-order valence-electron chi connectivity index (χ2n) is 2.85. The topological polar surface area (TPSA) is 21.3 Å². The molecule has 1 rings (SSSR count). The van der Waals surface area contributed by atoms with Crippen LogP contribution in [-0.4, -0.2) is 31.5 Å². The highest BCUT2D eigenvalue weighted by Crippen LogP contribution is 2.37. The quantitative estimate of drug-likeness (QED) is 0.697. The standard InChI is InChI=1S/C7H12F3NO/c1-2-12-6(7(8,9)10)3-4-11-5-6/h11H,2-5H2,1H3. The molecular formula is C7H12F3NO. The maximum absolute atomic E-state index is 12.4. The van der Waals surface area contributed by atoms with Crippen LogP contribution in [0.1, 0.15) is 13.3 Å². The van der Waals surface area contributed by atoms with Gasteiger partial charge in [0.05, 0.1) is 0 Å². The van der Waals surface area contributed by atoms with Crippen LogP contribution in [0.3, 0.4) is 0 Å². The third-order valence-electron chi connectivity index (χ3n) is 2.05. The maximum Gasteiger partial charge on any atom is 0.418 e. The van der Waals surface area contributed by atoms with Crippen LogP contribution in [0, 0.1) is 0 Å². The fraction of sp³-hybridized carbons (Fsp3) is 1.00. The Labute approximate surface area is 69.1 Å². The second-order valence-corrected chi connectivity index (χ2v) is 2.85. The highest BCUT2D eigenvalue weighted by Gasteiger charge is 2.57. The van der Waals surface area contributed by atoms with E-state index in [9.17, 15) is 13.2 Å². The van der Waals surface area contributed by atoms with Gasteiger partial charge in [0.1, 0.15) is 0 Å². The van der Waals surface area contributed by atoms with Crippen LogP contribution in [0.4, 0.5) is 13.2 Å². The third kappa shape index (κ3) is 1.56. The van der Waals surface area contributed by atoms with Crippen molar-refractivity contribution in [3.05, 3.63) is 0 Å². The van der Waals surface area contributed by atoms with Crippen LogP contribution >= 0.6 is 0 Å². The molecule has 0 aromatic rings. The molecule has 0 aliphatic carbocycles. The largest absolute Gasteiger partial charge is 0.418 e. The van der Waals surface area contributed by atoms with E-state index in [1.54, 1.807) is 6.92 Å². The average molecular weight is 183 g/mol. The molecule has 5 heteroatoms. The lowest BCUT2D eigenvalue weighted by Crippen LogP contribution is -2.49. The van der Waals surface area contributed by atoms with Crippen LogP contribution in [0.25, 0.3) is 0 Å². The Morgan fingerprint density at radius 2 is 2.17 bits per heavy atom. The summed E-state index contributed by atoms with van der Waals surface area (Å²) >= 11 is 0. The van der Waals surface area contributed by atoms with Crippen LogP contribution in [0.15, 0.2) is 0 Å². The van der Waals surface area contributed by atoms with E-state index in [0.717, 1.165) is 0 Å². The van der Waals surface area contributed by atoms with Crippen molar-refractivity contribution < 1.29 is 17.9 Å². The predicted molar refractivity (Wildman–Crippen MR) is 37.9 cm³/mol. The molecule has 0 spiro atoms. The van der Waals surface area contributed by atoms with Gasteiger partial charge in [0.25, 0.3) is 0 Å². The molecule has 0 aromatic carbocycles. The first-order chi connectivity index (χ1) is 5.52. The van der Waals surface area contributed by atoms with Gasteiger partial charge >= 0.3 is 6.18 Å².